The summed E-state index contributed by atoms with van der Waals surface area (Å²) in [6.07, 6.45) is 7.63. The summed E-state index contributed by atoms with van der Waals surface area (Å²) < 4.78 is 0. The molecule has 1 aliphatic rings. The Morgan fingerprint density at radius 2 is 2.17 bits per heavy atom. The van der Waals surface area contributed by atoms with E-state index in [1.807, 2.05) is 0 Å². The second-order valence-electron chi connectivity index (χ2n) is 5.36. The standard InChI is InChI=1S/C14H22ClN3/c1-4-12-13(15)16-9-17-14(12)18(3)11-7-5-6-10(2)8-11/h9-11H,4-8H2,1-3H3. The SMILES string of the molecule is CCc1c(Cl)ncnc1N(C)C1CCCC(C)C1. The summed E-state index contributed by atoms with van der Waals surface area (Å²) in [7, 11) is 2.14. The van der Waals surface area contributed by atoms with E-state index in [1.165, 1.54) is 25.7 Å². The number of aromatic nitrogens is 2. The first-order valence-electron chi connectivity index (χ1n) is 6.85. The molecular formula is C14H22ClN3. The average Bonchev–Trinajstić information content (AvgIpc) is 2.37. The van der Waals surface area contributed by atoms with Gasteiger partial charge < -0.3 is 4.90 Å². The molecule has 0 aromatic carbocycles. The number of anilines is 1. The highest BCUT2D eigenvalue weighted by Gasteiger charge is 2.25. The lowest BCUT2D eigenvalue weighted by atomic mass is 9.86. The van der Waals surface area contributed by atoms with Crippen LogP contribution in [0, 0.1) is 5.92 Å². The lowest BCUT2D eigenvalue weighted by molar-refractivity contribution is 0.335. The highest BCUT2D eigenvalue weighted by molar-refractivity contribution is 6.30. The minimum absolute atomic E-state index is 0.588. The van der Waals surface area contributed by atoms with Crippen LogP contribution in [-0.4, -0.2) is 23.1 Å². The Morgan fingerprint density at radius 3 is 2.83 bits per heavy atom. The second kappa shape index (κ2) is 5.87. The van der Waals surface area contributed by atoms with Gasteiger partial charge in [-0.2, -0.15) is 0 Å². The van der Waals surface area contributed by atoms with Crippen molar-refractivity contribution >= 4 is 17.4 Å². The Bertz CT molecular complexity index is 408. The van der Waals surface area contributed by atoms with Gasteiger partial charge in [0.1, 0.15) is 17.3 Å². The van der Waals surface area contributed by atoms with Crippen LogP contribution in [0.15, 0.2) is 6.33 Å². The van der Waals surface area contributed by atoms with Crippen LogP contribution in [0.5, 0.6) is 0 Å². The van der Waals surface area contributed by atoms with E-state index in [2.05, 4.69) is 35.8 Å². The van der Waals surface area contributed by atoms with Gasteiger partial charge in [0.15, 0.2) is 0 Å². The summed E-state index contributed by atoms with van der Waals surface area (Å²) in [4.78, 5) is 10.8. The normalized spacial score (nSPS) is 24.0. The molecule has 3 nitrogen and oxygen atoms in total. The smallest absolute Gasteiger partial charge is 0.137 e. The molecule has 1 aliphatic carbocycles. The maximum atomic E-state index is 6.16. The quantitative estimate of drug-likeness (QED) is 0.782. The van der Waals surface area contributed by atoms with Gasteiger partial charge in [-0.3, -0.25) is 0 Å². The Hall–Kier alpha value is -0.830. The number of hydrogen-bond acceptors (Lipinski definition) is 3. The van der Waals surface area contributed by atoms with Crippen molar-refractivity contribution in [3.63, 3.8) is 0 Å². The number of rotatable bonds is 3. The van der Waals surface area contributed by atoms with Crippen LogP contribution >= 0.6 is 11.6 Å². The van der Waals surface area contributed by atoms with Crippen molar-refractivity contribution in [2.45, 2.75) is 52.0 Å². The number of nitrogens with zero attached hydrogens (tertiary/aromatic N) is 3. The van der Waals surface area contributed by atoms with E-state index in [9.17, 15) is 0 Å². The third-order valence-corrected chi connectivity index (χ3v) is 4.34. The van der Waals surface area contributed by atoms with E-state index in [1.54, 1.807) is 6.33 Å². The molecule has 1 fully saturated rings. The van der Waals surface area contributed by atoms with Crippen LogP contribution in [0.2, 0.25) is 5.15 Å². The van der Waals surface area contributed by atoms with Crippen molar-refractivity contribution in [1.29, 1.82) is 0 Å². The van der Waals surface area contributed by atoms with Gasteiger partial charge in [-0.05, 0) is 25.2 Å². The summed E-state index contributed by atoms with van der Waals surface area (Å²) in [5, 5.41) is 0.596. The summed E-state index contributed by atoms with van der Waals surface area (Å²) in [6, 6.07) is 0.588. The molecule has 0 aliphatic heterocycles. The van der Waals surface area contributed by atoms with Crippen molar-refractivity contribution in [2.75, 3.05) is 11.9 Å². The third-order valence-electron chi connectivity index (χ3n) is 4.01. The predicted octanol–water partition coefficient (Wildman–Crippen LogP) is 3.71. The lowest BCUT2D eigenvalue weighted by Gasteiger charge is -2.35. The van der Waals surface area contributed by atoms with Gasteiger partial charge in [0.25, 0.3) is 0 Å². The fourth-order valence-electron chi connectivity index (χ4n) is 2.92. The molecular weight excluding hydrogens is 246 g/mol. The summed E-state index contributed by atoms with van der Waals surface area (Å²) in [6.45, 7) is 4.44. The summed E-state index contributed by atoms with van der Waals surface area (Å²) in [5.74, 6) is 1.82. The zero-order chi connectivity index (χ0) is 13.1. The Morgan fingerprint density at radius 1 is 1.39 bits per heavy atom. The molecule has 0 radical (unpaired) electrons. The number of halogens is 1. The highest BCUT2D eigenvalue weighted by Crippen LogP contribution is 2.31. The second-order valence-corrected chi connectivity index (χ2v) is 5.71. The molecule has 0 bridgehead atoms. The van der Waals surface area contributed by atoms with Crippen LogP contribution in [-0.2, 0) is 6.42 Å². The van der Waals surface area contributed by atoms with E-state index >= 15 is 0 Å². The van der Waals surface area contributed by atoms with E-state index < -0.39 is 0 Å². The molecule has 2 rings (SSSR count). The van der Waals surface area contributed by atoms with Gasteiger partial charge >= 0.3 is 0 Å². The van der Waals surface area contributed by atoms with Crippen molar-refractivity contribution < 1.29 is 0 Å². The molecule has 0 amide bonds. The molecule has 1 aromatic heterocycles. The fourth-order valence-corrected chi connectivity index (χ4v) is 3.18. The van der Waals surface area contributed by atoms with Gasteiger partial charge in [0.05, 0.1) is 0 Å². The van der Waals surface area contributed by atoms with Crippen molar-refractivity contribution in [3.05, 3.63) is 17.0 Å². The first-order valence-corrected chi connectivity index (χ1v) is 7.23. The third kappa shape index (κ3) is 2.77. The Labute approximate surface area is 115 Å². The summed E-state index contributed by atoms with van der Waals surface area (Å²) in [5.41, 5.74) is 1.07. The van der Waals surface area contributed by atoms with Gasteiger partial charge in [-0.15, -0.1) is 0 Å². The molecule has 1 heterocycles. The van der Waals surface area contributed by atoms with Crippen LogP contribution in [0.1, 0.15) is 45.1 Å². The van der Waals surface area contributed by atoms with Crippen molar-refractivity contribution in [2.24, 2.45) is 5.92 Å². The first-order chi connectivity index (χ1) is 8.63. The minimum atomic E-state index is 0.588. The maximum absolute atomic E-state index is 6.16. The molecule has 1 saturated carbocycles. The average molecular weight is 268 g/mol. The van der Waals surface area contributed by atoms with Crippen LogP contribution in [0.25, 0.3) is 0 Å². The molecule has 0 N–H and O–H groups in total. The molecule has 2 atom stereocenters. The van der Waals surface area contributed by atoms with E-state index in [-0.39, 0.29) is 0 Å². The Balaban J connectivity index is 2.22. The monoisotopic (exact) mass is 267 g/mol. The molecule has 0 spiro atoms. The van der Waals surface area contributed by atoms with Crippen LogP contribution < -0.4 is 4.90 Å². The van der Waals surface area contributed by atoms with Gasteiger partial charge in [-0.1, -0.05) is 38.3 Å². The maximum Gasteiger partial charge on any atom is 0.137 e. The number of hydrogen-bond donors (Lipinski definition) is 0. The molecule has 4 heteroatoms. The van der Waals surface area contributed by atoms with Gasteiger partial charge in [-0.25, -0.2) is 9.97 Å². The zero-order valence-corrected chi connectivity index (χ0v) is 12.2. The van der Waals surface area contributed by atoms with E-state index in [0.29, 0.717) is 11.2 Å². The lowest BCUT2D eigenvalue weighted by Crippen LogP contribution is -2.36. The molecule has 0 saturated heterocycles. The fraction of sp³-hybridized carbons (Fsp3) is 0.714. The van der Waals surface area contributed by atoms with Crippen LogP contribution in [0.4, 0.5) is 5.82 Å². The molecule has 18 heavy (non-hydrogen) atoms. The molecule has 2 unspecified atom stereocenters. The molecule has 1 aromatic rings. The minimum Gasteiger partial charge on any atom is -0.356 e. The highest BCUT2D eigenvalue weighted by atomic mass is 35.5. The van der Waals surface area contributed by atoms with Crippen molar-refractivity contribution in [3.8, 4) is 0 Å². The van der Waals surface area contributed by atoms with E-state index in [4.69, 9.17) is 11.6 Å². The predicted molar refractivity (Wildman–Crippen MR) is 76.2 cm³/mol. The van der Waals surface area contributed by atoms with Gasteiger partial charge in [0, 0.05) is 18.7 Å². The molecule has 100 valence electrons. The Kier molecular flexibility index (Phi) is 4.44. The summed E-state index contributed by atoms with van der Waals surface area (Å²) >= 11 is 6.16. The topological polar surface area (TPSA) is 29.0 Å². The zero-order valence-electron chi connectivity index (χ0n) is 11.5. The van der Waals surface area contributed by atoms with E-state index in [0.717, 1.165) is 23.7 Å². The largest absolute Gasteiger partial charge is 0.356 e. The van der Waals surface area contributed by atoms with Crippen molar-refractivity contribution in [1.82, 2.24) is 9.97 Å². The first kappa shape index (κ1) is 13.6. The van der Waals surface area contributed by atoms with Gasteiger partial charge in [0.2, 0.25) is 0 Å². The van der Waals surface area contributed by atoms with Crippen LogP contribution in [0.3, 0.4) is 0 Å².